The summed E-state index contributed by atoms with van der Waals surface area (Å²) in [5.74, 6) is 0. The molecule has 0 aromatic heterocycles. The molecule has 0 aliphatic carbocycles. The number of hydrogen-bond donors (Lipinski definition) is 2. The van der Waals surface area contributed by atoms with Crippen molar-refractivity contribution in [3.8, 4) is 6.07 Å². The van der Waals surface area contributed by atoms with Gasteiger partial charge in [0.25, 0.3) is 0 Å². The van der Waals surface area contributed by atoms with E-state index in [1.807, 2.05) is 18.2 Å². The molecule has 2 atom stereocenters. The highest BCUT2D eigenvalue weighted by atomic mass is 15.0. The van der Waals surface area contributed by atoms with Gasteiger partial charge < -0.3 is 10.6 Å². The molecule has 0 amide bonds. The zero-order chi connectivity index (χ0) is 13.0. The molecular weight excluding hydrogens is 222 g/mol. The first kappa shape index (κ1) is 12.9. The summed E-state index contributed by atoms with van der Waals surface area (Å²) in [5, 5.41) is 16.0. The number of aryl methyl sites for hydroxylation is 1. The average molecular weight is 243 g/mol. The van der Waals surface area contributed by atoms with Gasteiger partial charge in [-0.2, -0.15) is 5.26 Å². The second-order valence-electron chi connectivity index (χ2n) is 5.22. The SMILES string of the molecule is Cc1ccc(C#N)cc1NC(C)CC1CCCN1. The second-order valence-corrected chi connectivity index (χ2v) is 5.22. The lowest BCUT2D eigenvalue weighted by Crippen LogP contribution is -2.29. The molecule has 0 saturated carbocycles. The lowest BCUT2D eigenvalue weighted by Gasteiger charge is -2.20. The van der Waals surface area contributed by atoms with Gasteiger partial charge in [-0.05, 0) is 57.4 Å². The summed E-state index contributed by atoms with van der Waals surface area (Å²) in [7, 11) is 0. The van der Waals surface area contributed by atoms with Crippen LogP contribution in [0.5, 0.6) is 0 Å². The first-order chi connectivity index (χ1) is 8.69. The Labute approximate surface area is 109 Å². The fourth-order valence-corrected chi connectivity index (χ4v) is 2.56. The lowest BCUT2D eigenvalue weighted by atomic mass is 10.1. The molecule has 1 aromatic carbocycles. The van der Waals surface area contributed by atoms with E-state index in [4.69, 9.17) is 5.26 Å². The van der Waals surface area contributed by atoms with Gasteiger partial charge >= 0.3 is 0 Å². The number of nitrogens with one attached hydrogen (secondary N) is 2. The summed E-state index contributed by atoms with van der Waals surface area (Å²) in [5.41, 5.74) is 2.99. The maximum atomic E-state index is 8.93. The lowest BCUT2D eigenvalue weighted by molar-refractivity contribution is 0.523. The summed E-state index contributed by atoms with van der Waals surface area (Å²) in [4.78, 5) is 0. The molecule has 3 nitrogen and oxygen atoms in total. The Hall–Kier alpha value is -1.53. The van der Waals surface area contributed by atoms with Crippen LogP contribution in [-0.2, 0) is 0 Å². The number of nitriles is 1. The van der Waals surface area contributed by atoms with Gasteiger partial charge in [0.05, 0.1) is 11.6 Å². The summed E-state index contributed by atoms with van der Waals surface area (Å²) in [6.07, 6.45) is 3.71. The van der Waals surface area contributed by atoms with Crippen LogP contribution in [0.1, 0.15) is 37.3 Å². The van der Waals surface area contributed by atoms with E-state index in [0.717, 1.165) is 18.7 Å². The van der Waals surface area contributed by atoms with Crippen molar-refractivity contribution in [2.24, 2.45) is 0 Å². The molecule has 2 rings (SSSR count). The smallest absolute Gasteiger partial charge is 0.0992 e. The molecule has 1 saturated heterocycles. The molecule has 1 aliphatic heterocycles. The number of nitrogens with zero attached hydrogens (tertiary/aromatic N) is 1. The molecule has 1 aromatic rings. The highest BCUT2D eigenvalue weighted by Gasteiger charge is 2.17. The van der Waals surface area contributed by atoms with E-state index in [9.17, 15) is 0 Å². The van der Waals surface area contributed by atoms with Gasteiger partial charge in [-0.15, -0.1) is 0 Å². The van der Waals surface area contributed by atoms with Crippen LogP contribution in [-0.4, -0.2) is 18.6 Å². The van der Waals surface area contributed by atoms with Crippen molar-refractivity contribution in [3.63, 3.8) is 0 Å². The van der Waals surface area contributed by atoms with Gasteiger partial charge in [-0.1, -0.05) is 6.07 Å². The normalized spacial score (nSPS) is 20.4. The van der Waals surface area contributed by atoms with Crippen LogP contribution >= 0.6 is 0 Å². The van der Waals surface area contributed by atoms with Gasteiger partial charge in [0.1, 0.15) is 0 Å². The summed E-state index contributed by atoms with van der Waals surface area (Å²) in [6, 6.07) is 9.06. The third-order valence-electron chi connectivity index (χ3n) is 3.57. The van der Waals surface area contributed by atoms with Crippen LogP contribution in [0.2, 0.25) is 0 Å². The van der Waals surface area contributed by atoms with Gasteiger partial charge in [0.2, 0.25) is 0 Å². The predicted octanol–water partition coefficient (Wildman–Crippen LogP) is 2.81. The van der Waals surface area contributed by atoms with Crippen molar-refractivity contribution in [2.45, 2.75) is 45.2 Å². The summed E-state index contributed by atoms with van der Waals surface area (Å²) in [6.45, 7) is 5.43. The predicted molar refractivity (Wildman–Crippen MR) is 74.6 cm³/mol. The van der Waals surface area contributed by atoms with Crippen LogP contribution in [0.4, 0.5) is 5.69 Å². The fraction of sp³-hybridized carbons (Fsp3) is 0.533. The molecule has 1 fully saturated rings. The summed E-state index contributed by atoms with van der Waals surface area (Å²) >= 11 is 0. The molecule has 3 heteroatoms. The van der Waals surface area contributed by atoms with Gasteiger partial charge in [0, 0.05) is 17.8 Å². The maximum absolute atomic E-state index is 8.93. The van der Waals surface area contributed by atoms with E-state index in [-0.39, 0.29) is 0 Å². The fourth-order valence-electron chi connectivity index (χ4n) is 2.56. The Bertz CT molecular complexity index is 442. The monoisotopic (exact) mass is 243 g/mol. The van der Waals surface area contributed by atoms with E-state index in [1.165, 1.54) is 18.4 Å². The number of benzene rings is 1. The maximum Gasteiger partial charge on any atom is 0.0992 e. The van der Waals surface area contributed by atoms with Crippen LogP contribution in [0.15, 0.2) is 18.2 Å². The minimum absolute atomic E-state index is 0.424. The Balaban J connectivity index is 1.97. The molecule has 18 heavy (non-hydrogen) atoms. The minimum atomic E-state index is 0.424. The van der Waals surface area contributed by atoms with Crippen LogP contribution in [0.25, 0.3) is 0 Å². The van der Waals surface area contributed by atoms with E-state index in [2.05, 4.69) is 30.6 Å². The van der Waals surface area contributed by atoms with Crippen molar-refractivity contribution in [1.29, 1.82) is 5.26 Å². The van der Waals surface area contributed by atoms with Crippen LogP contribution < -0.4 is 10.6 Å². The van der Waals surface area contributed by atoms with Crippen molar-refractivity contribution in [2.75, 3.05) is 11.9 Å². The first-order valence-electron chi connectivity index (χ1n) is 6.69. The highest BCUT2D eigenvalue weighted by molar-refractivity contribution is 5.55. The largest absolute Gasteiger partial charge is 0.382 e. The summed E-state index contributed by atoms with van der Waals surface area (Å²) < 4.78 is 0. The van der Waals surface area contributed by atoms with E-state index >= 15 is 0 Å². The Morgan fingerprint density at radius 2 is 2.39 bits per heavy atom. The second kappa shape index (κ2) is 5.88. The molecular formula is C15H21N3. The number of hydrogen-bond acceptors (Lipinski definition) is 3. The zero-order valence-corrected chi connectivity index (χ0v) is 11.2. The molecule has 0 bridgehead atoms. The average Bonchev–Trinajstić information content (AvgIpc) is 2.84. The molecule has 0 radical (unpaired) electrons. The number of anilines is 1. The molecule has 2 unspecified atom stereocenters. The zero-order valence-electron chi connectivity index (χ0n) is 11.2. The standard InChI is InChI=1S/C15H21N3/c1-11-5-6-13(10-16)9-15(11)18-12(2)8-14-4-3-7-17-14/h5-6,9,12,14,17-18H,3-4,7-8H2,1-2H3. The number of rotatable bonds is 4. The Kier molecular flexibility index (Phi) is 4.22. The van der Waals surface area contributed by atoms with E-state index < -0.39 is 0 Å². The first-order valence-corrected chi connectivity index (χ1v) is 6.69. The third kappa shape index (κ3) is 3.24. The molecule has 1 heterocycles. The van der Waals surface area contributed by atoms with Crippen LogP contribution in [0.3, 0.4) is 0 Å². The quantitative estimate of drug-likeness (QED) is 0.855. The Morgan fingerprint density at radius 3 is 3.06 bits per heavy atom. The van der Waals surface area contributed by atoms with Gasteiger partial charge in [0.15, 0.2) is 0 Å². The van der Waals surface area contributed by atoms with E-state index in [0.29, 0.717) is 17.6 Å². The molecule has 0 spiro atoms. The Morgan fingerprint density at radius 1 is 1.56 bits per heavy atom. The van der Waals surface area contributed by atoms with Crippen LogP contribution in [0, 0.1) is 18.3 Å². The van der Waals surface area contributed by atoms with Crippen molar-refractivity contribution in [3.05, 3.63) is 29.3 Å². The minimum Gasteiger partial charge on any atom is -0.382 e. The highest BCUT2D eigenvalue weighted by Crippen LogP contribution is 2.19. The van der Waals surface area contributed by atoms with E-state index in [1.54, 1.807) is 0 Å². The topological polar surface area (TPSA) is 47.9 Å². The van der Waals surface area contributed by atoms with Crippen molar-refractivity contribution in [1.82, 2.24) is 5.32 Å². The van der Waals surface area contributed by atoms with Crippen molar-refractivity contribution >= 4 is 5.69 Å². The third-order valence-corrected chi connectivity index (χ3v) is 3.57. The molecule has 1 aliphatic rings. The molecule has 96 valence electrons. The van der Waals surface area contributed by atoms with Crippen molar-refractivity contribution < 1.29 is 0 Å². The molecule has 2 N–H and O–H groups in total. The van der Waals surface area contributed by atoms with Gasteiger partial charge in [-0.25, -0.2) is 0 Å². The van der Waals surface area contributed by atoms with Gasteiger partial charge in [-0.3, -0.25) is 0 Å².